The van der Waals surface area contributed by atoms with Gasteiger partial charge in [-0.15, -0.1) is 0 Å². The number of fused-ring (bicyclic) bond motifs is 2. The molecule has 8 nitrogen and oxygen atoms in total. The van der Waals surface area contributed by atoms with Crippen LogP contribution in [0.3, 0.4) is 0 Å². The molecule has 0 aromatic heterocycles. The Labute approximate surface area is 227 Å². The lowest BCUT2D eigenvalue weighted by Gasteiger charge is -2.42. The summed E-state index contributed by atoms with van der Waals surface area (Å²) >= 11 is 6.24. The van der Waals surface area contributed by atoms with Crippen LogP contribution in [0.2, 0.25) is 5.02 Å². The smallest absolute Gasteiger partial charge is 0.255 e. The van der Waals surface area contributed by atoms with Gasteiger partial charge in [-0.25, -0.2) is 21.6 Å². The third kappa shape index (κ3) is 5.27. The van der Waals surface area contributed by atoms with Crippen LogP contribution < -0.4 is 10.6 Å². The Bertz CT molecular complexity index is 1400. The Hall–Kier alpha value is -2.67. The second-order valence-electron chi connectivity index (χ2n) is 10.4. The first-order valence-electron chi connectivity index (χ1n) is 12.5. The normalized spacial score (nSPS) is 26.6. The van der Waals surface area contributed by atoms with E-state index in [-0.39, 0.29) is 52.4 Å². The first-order valence-corrected chi connectivity index (χ1v) is 14.4. The average Bonchev–Trinajstić information content (AvgIpc) is 3.00. The summed E-state index contributed by atoms with van der Waals surface area (Å²) in [6, 6.07) is 4.69. The summed E-state index contributed by atoms with van der Waals surface area (Å²) in [7, 11) is -4.07. The van der Waals surface area contributed by atoms with Gasteiger partial charge in [0.15, 0.2) is 27.3 Å². The van der Waals surface area contributed by atoms with Gasteiger partial charge in [0.05, 0.1) is 46.4 Å². The van der Waals surface area contributed by atoms with Crippen molar-refractivity contribution in [2.75, 3.05) is 18.5 Å². The molecule has 3 N–H and O–H groups in total. The fourth-order valence-electron chi connectivity index (χ4n) is 5.88. The number of ether oxygens (including phenoxy) is 1. The number of nitrogens with one attached hydrogen (secondary N) is 2. The van der Waals surface area contributed by atoms with E-state index in [1.165, 1.54) is 12.1 Å². The van der Waals surface area contributed by atoms with E-state index >= 15 is 0 Å². The lowest BCUT2D eigenvalue weighted by Crippen LogP contribution is -2.54. The first kappa shape index (κ1) is 27.9. The van der Waals surface area contributed by atoms with Crippen molar-refractivity contribution in [1.29, 1.82) is 0 Å². The van der Waals surface area contributed by atoms with Crippen LogP contribution in [0.5, 0.6) is 0 Å². The number of sulfone groups is 1. The third-order valence-electron chi connectivity index (χ3n) is 8.00. The van der Waals surface area contributed by atoms with Crippen LogP contribution in [0.15, 0.2) is 35.2 Å². The number of rotatable bonds is 7. The van der Waals surface area contributed by atoms with Crippen molar-refractivity contribution in [3.05, 3.63) is 58.4 Å². The molecule has 2 aliphatic carbocycles. The number of carbonyl (C=O) groups excluding carboxylic acids is 2. The van der Waals surface area contributed by atoms with E-state index in [2.05, 4.69) is 10.6 Å². The molecule has 2 amide bonds. The largest absolute Gasteiger partial charge is 0.389 e. The second-order valence-corrected chi connectivity index (χ2v) is 13.0. The fraction of sp³-hybridized carbons (Fsp3) is 0.462. The van der Waals surface area contributed by atoms with E-state index in [1.807, 2.05) is 0 Å². The fourth-order valence-corrected chi connectivity index (χ4v) is 8.28. The van der Waals surface area contributed by atoms with Crippen LogP contribution in [0, 0.1) is 29.3 Å². The lowest BCUT2D eigenvalue weighted by molar-refractivity contribution is -0.136. The van der Waals surface area contributed by atoms with Gasteiger partial charge in [0.1, 0.15) is 0 Å². The Morgan fingerprint density at radius 3 is 2.23 bits per heavy atom. The molecule has 3 fully saturated rings. The predicted octanol–water partition coefficient (Wildman–Crippen LogP) is 3.61. The Morgan fingerprint density at radius 1 is 1.05 bits per heavy atom. The highest BCUT2D eigenvalue weighted by Gasteiger charge is 2.56. The Kier molecular flexibility index (Phi) is 7.42. The standard InChI is InChI=1S/C26H26ClF3N2O6S/c27-19-4-1-13(25(34)32-16-8-20(28)24(30)21(29)9-16)5-22(19)39(36,37)18-6-14-2-3-15(7-18)26(14,35)10-23(33)31-17-11-38-12-17/h1,4-5,8-9,14-15,17-18,35H,2-3,6-7,10-12H2,(H,31,33)(H,32,34)/t14-,15?,18-,26-/m0/s1. The summed E-state index contributed by atoms with van der Waals surface area (Å²) in [6.45, 7) is 0.847. The first-order chi connectivity index (χ1) is 18.4. The minimum Gasteiger partial charge on any atom is -0.389 e. The molecule has 2 saturated carbocycles. The van der Waals surface area contributed by atoms with E-state index in [9.17, 15) is 36.3 Å². The zero-order valence-electron chi connectivity index (χ0n) is 20.6. The summed E-state index contributed by atoms with van der Waals surface area (Å²) in [6.07, 6.45) is 1.28. The zero-order chi connectivity index (χ0) is 28.1. The number of carbonyl (C=O) groups is 2. The summed E-state index contributed by atoms with van der Waals surface area (Å²) < 4.78 is 72.7. The maximum absolute atomic E-state index is 13.7. The van der Waals surface area contributed by atoms with Crippen molar-refractivity contribution in [2.24, 2.45) is 11.8 Å². The van der Waals surface area contributed by atoms with Crippen molar-refractivity contribution in [2.45, 2.75) is 53.9 Å². The SMILES string of the molecule is O=C(C[C@@]1(O)C2CC[C@H]1C[C@H](S(=O)(=O)c1cc(C(=O)Nc3cc(F)c(F)c(F)c3)ccc1Cl)C2)NC1COC1. The van der Waals surface area contributed by atoms with Gasteiger partial charge < -0.3 is 20.5 Å². The summed E-state index contributed by atoms with van der Waals surface area (Å²) in [5.74, 6) is -6.67. The molecular weight excluding hydrogens is 561 g/mol. The summed E-state index contributed by atoms with van der Waals surface area (Å²) in [5, 5.41) is 15.5. The maximum Gasteiger partial charge on any atom is 0.255 e. The Balaban J connectivity index is 1.33. The predicted molar refractivity (Wildman–Crippen MR) is 134 cm³/mol. The average molecular weight is 587 g/mol. The van der Waals surface area contributed by atoms with Crippen LogP contribution in [-0.2, 0) is 19.4 Å². The van der Waals surface area contributed by atoms with Gasteiger partial charge in [0.25, 0.3) is 5.91 Å². The van der Waals surface area contributed by atoms with Crippen LogP contribution >= 0.6 is 11.6 Å². The number of hydrogen-bond acceptors (Lipinski definition) is 6. The second kappa shape index (κ2) is 10.4. The summed E-state index contributed by atoms with van der Waals surface area (Å²) in [5.41, 5.74) is -1.81. The highest BCUT2D eigenvalue weighted by atomic mass is 35.5. The molecule has 1 heterocycles. The van der Waals surface area contributed by atoms with E-state index < -0.39 is 55.9 Å². The number of amides is 2. The minimum atomic E-state index is -4.07. The lowest BCUT2D eigenvalue weighted by atomic mass is 9.72. The van der Waals surface area contributed by atoms with Crippen LogP contribution in [-0.4, -0.2) is 55.4 Å². The van der Waals surface area contributed by atoms with Gasteiger partial charge in [-0.1, -0.05) is 11.6 Å². The number of aliphatic hydroxyl groups is 1. The molecule has 2 bridgehead atoms. The van der Waals surface area contributed by atoms with E-state index in [0.29, 0.717) is 38.2 Å². The van der Waals surface area contributed by atoms with Crippen molar-refractivity contribution >= 4 is 38.9 Å². The molecule has 0 radical (unpaired) electrons. The van der Waals surface area contributed by atoms with Gasteiger partial charge >= 0.3 is 0 Å². The monoisotopic (exact) mass is 586 g/mol. The molecule has 210 valence electrons. The molecule has 0 spiro atoms. The highest BCUT2D eigenvalue weighted by molar-refractivity contribution is 7.92. The molecule has 13 heteroatoms. The minimum absolute atomic E-state index is 0.0804. The van der Waals surface area contributed by atoms with E-state index in [4.69, 9.17) is 16.3 Å². The maximum atomic E-state index is 13.7. The molecular formula is C26H26ClF3N2O6S. The van der Waals surface area contributed by atoms with Crippen LogP contribution in [0.25, 0.3) is 0 Å². The van der Waals surface area contributed by atoms with Crippen molar-refractivity contribution < 1.29 is 41.0 Å². The quantitative estimate of drug-likeness (QED) is 0.426. The number of anilines is 1. The summed E-state index contributed by atoms with van der Waals surface area (Å²) in [4.78, 5) is 24.9. The molecule has 39 heavy (non-hydrogen) atoms. The zero-order valence-corrected chi connectivity index (χ0v) is 22.1. The van der Waals surface area contributed by atoms with E-state index in [1.54, 1.807) is 0 Å². The molecule has 1 aliphatic heterocycles. The molecule has 2 aromatic rings. The third-order valence-corrected chi connectivity index (χ3v) is 10.7. The number of halogens is 4. The number of benzene rings is 2. The number of hydrogen-bond donors (Lipinski definition) is 3. The molecule has 1 unspecified atom stereocenters. The molecule has 3 aliphatic rings. The van der Waals surface area contributed by atoms with Crippen molar-refractivity contribution in [3.63, 3.8) is 0 Å². The topological polar surface area (TPSA) is 122 Å². The molecule has 1 saturated heterocycles. The van der Waals surface area contributed by atoms with Gasteiger partial charge in [-0.05, 0) is 55.7 Å². The van der Waals surface area contributed by atoms with Crippen LogP contribution in [0.4, 0.5) is 18.9 Å². The van der Waals surface area contributed by atoms with Crippen molar-refractivity contribution in [1.82, 2.24) is 5.32 Å². The van der Waals surface area contributed by atoms with Gasteiger partial charge in [0, 0.05) is 23.4 Å². The Morgan fingerprint density at radius 2 is 1.67 bits per heavy atom. The molecule has 4 atom stereocenters. The van der Waals surface area contributed by atoms with Gasteiger partial charge in [0.2, 0.25) is 5.91 Å². The van der Waals surface area contributed by atoms with Gasteiger partial charge in [-0.3, -0.25) is 9.59 Å². The molecule has 5 rings (SSSR count). The highest BCUT2D eigenvalue weighted by Crippen LogP contribution is 2.53. The van der Waals surface area contributed by atoms with Crippen molar-refractivity contribution in [3.8, 4) is 0 Å². The molecule has 2 aromatic carbocycles. The van der Waals surface area contributed by atoms with Crippen LogP contribution in [0.1, 0.15) is 42.5 Å². The van der Waals surface area contributed by atoms with Gasteiger partial charge in [-0.2, -0.15) is 0 Å². The van der Waals surface area contributed by atoms with E-state index in [0.717, 1.165) is 6.07 Å².